The predicted octanol–water partition coefficient (Wildman–Crippen LogP) is 4.01. The Hall–Kier alpha value is -3.34. The van der Waals surface area contributed by atoms with Gasteiger partial charge < -0.3 is 5.32 Å². The second-order valence-corrected chi connectivity index (χ2v) is 5.70. The first kappa shape index (κ1) is 15.2. The molecular formula is C20H17N5. The number of nitrogens with one attached hydrogen (secondary N) is 1. The summed E-state index contributed by atoms with van der Waals surface area (Å²) in [5.41, 5.74) is 3.17. The average Bonchev–Trinajstić information content (AvgIpc) is 2.67. The van der Waals surface area contributed by atoms with Crippen LogP contribution in [0, 0.1) is 6.92 Å². The maximum atomic E-state index is 4.62. The maximum Gasteiger partial charge on any atom is 0.147 e. The molecule has 0 aliphatic heterocycles. The summed E-state index contributed by atoms with van der Waals surface area (Å²) in [6.07, 6.45) is 3.48. The molecule has 0 spiro atoms. The zero-order valence-corrected chi connectivity index (χ0v) is 13.8. The minimum absolute atomic E-state index is 0.509. The summed E-state index contributed by atoms with van der Waals surface area (Å²) in [6.45, 7) is 2.41. The van der Waals surface area contributed by atoms with Gasteiger partial charge in [0.2, 0.25) is 0 Å². The van der Waals surface area contributed by atoms with E-state index in [-0.39, 0.29) is 0 Å². The van der Waals surface area contributed by atoms with Gasteiger partial charge in [-0.25, -0.2) is 19.9 Å². The summed E-state index contributed by atoms with van der Waals surface area (Å²) in [6, 6.07) is 18.2. The van der Waals surface area contributed by atoms with E-state index in [9.17, 15) is 0 Å². The van der Waals surface area contributed by atoms with Crippen molar-refractivity contribution in [2.45, 2.75) is 13.5 Å². The van der Waals surface area contributed by atoms with Crippen LogP contribution in [-0.4, -0.2) is 19.9 Å². The first-order chi connectivity index (χ1) is 12.3. The summed E-state index contributed by atoms with van der Waals surface area (Å²) < 4.78 is 0. The fourth-order valence-corrected chi connectivity index (χ4v) is 2.87. The molecule has 0 unspecified atom stereocenters. The molecule has 0 atom stereocenters. The smallest absolute Gasteiger partial charge is 0.147 e. The van der Waals surface area contributed by atoms with E-state index < -0.39 is 0 Å². The molecule has 5 heteroatoms. The van der Waals surface area contributed by atoms with Gasteiger partial charge in [0.1, 0.15) is 17.5 Å². The fraction of sp³-hybridized carbons (Fsp3) is 0.100. The number of fused-ring (bicyclic) bond motifs is 1. The van der Waals surface area contributed by atoms with Crippen molar-refractivity contribution in [2.24, 2.45) is 0 Å². The van der Waals surface area contributed by atoms with E-state index in [0.717, 1.165) is 39.5 Å². The second kappa shape index (κ2) is 6.65. The van der Waals surface area contributed by atoms with Crippen LogP contribution < -0.4 is 5.32 Å². The molecule has 2 heterocycles. The third-order valence-corrected chi connectivity index (χ3v) is 3.95. The lowest BCUT2D eigenvalue weighted by atomic mass is 10.0. The quantitative estimate of drug-likeness (QED) is 0.613. The SMILES string of the molecule is Cc1nc(NCc2ncccn2)c2c(-c3ccccc3)cccc2n1. The van der Waals surface area contributed by atoms with Gasteiger partial charge in [-0.3, -0.25) is 0 Å². The molecule has 122 valence electrons. The Morgan fingerprint density at radius 2 is 1.64 bits per heavy atom. The Balaban J connectivity index is 1.82. The number of aryl methyl sites for hydroxylation is 1. The second-order valence-electron chi connectivity index (χ2n) is 5.70. The standard InChI is InChI=1S/C20H17N5/c1-14-24-17-10-5-9-16(15-7-3-2-4-8-15)19(17)20(25-14)23-13-18-21-11-6-12-22-18/h2-12H,13H2,1H3,(H,23,24,25). The molecule has 1 N–H and O–H groups in total. The van der Waals surface area contributed by atoms with Gasteiger partial charge in [0.05, 0.1) is 17.4 Å². The number of benzene rings is 2. The van der Waals surface area contributed by atoms with Crippen LogP contribution in [0.15, 0.2) is 67.0 Å². The minimum Gasteiger partial charge on any atom is -0.362 e. The van der Waals surface area contributed by atoms with E-state index in [1.807, 2.05) is 37.3 Å². The summed E-state index contributed by atoms with van der Waals surface area (Å²) in [4.78, 5) is 17.7. The summed E-state index contributed by atoms with van der Waals surface area (Å²) in [5, 5.41) is 4.39. The van der Waals surface area contributed by atoms with Crippen molar-refractivity contribution >= 4 is 16.7 Å². The van der Waals surface area contributed by atoms with E-state index in [2.05, 4.69) is 43.5 Å². The van der Waals surface area contributed by atoms with Gasteiger partial charge in [-0.2, -0.15) is 0 Å². The first-order valence-electron chi connectivity index (χ1n) is 8.14. The van der Waals surface area contributed by atoms with E-state index in [0.29, 0.717) is 6.54 Å². The lowest BCUT2D eigenvalue weighted by Gasteiger charge is -2.13. The van der Waals surface area contributed by atoms with Gasteiger partial charge in [-0.05, 0) is 30.2 Å². The molecule has 4 aromatic rings. The summed E-state index contributed by atoms with van der Waals surface area (Å²) >= 11 is 0. The number of anilines is 1. The van der Waals surface area contributed by atoms with Gasteiger partial charge in [-0.1, -0.05) is 42.5 Å². The fourth-order valence-electron chi connectivity index (χ4n) is 2.87. The molecule has 0 aliphatic carbocycles. The Morgan fingerprint density at radius 1 is 0.840 bits per heavy atom. The van der Waals surface area contributed by atoms with Gasteiger partial charge in [0, 0.05) is 12.4 Å². The Bertz CT molecular complexity index is 1000. The highest BCUT2D eigenvalue weighted by Gasteiger charge is 2.12. The number of hydrogen-bond acceptors (Lipinski definition) is 5. The van der Waals surface area contributed by atoms with Crippen LogP contribution in [0.25, 0.3) is 22.0 Å². The summed E-state index contributed by atoms with van der Waals surface area (Å²) in [5.74, 6) is 2.26. The molecule has 0 aliphatic rings. The number of nitrogens with zero attached hydrogens (tertiary/aromatic N) is 4. The van der Waals surface area contributed by atoms with Crippen molar-refractivity contribution in [3.63, 3.8) is 0 Å². The Morgan fingerprint density at radius 3 is 2.44 bits per heavy atom. The van der Waals surface area contributed by atoms with Crippen molar-refractivity contribution < 1.29 is 0 Å². The van der Waals surface area contributed by atoms with Crippen LogP contribution in [0.1, 0.15) is 11.6 Å². The van der Waals surface area contributed by atoms with E-state index in [1.165, 1.54) is 0 Å². The Labute approximate surface area is 145 Å². The van der Waals surface area contributed by atoms with Crippen molar-refractivity contribution in [3.05, 3.63) is 78.6 Å². The lowest BCUT2D eigenvalue weighted by Crippen LogP contribution is -2.07. The monoisotopic (exact) mass is 327 g/mol. The minimum atomic E-state index is 0.509. The molecule has 4 rings (SSSR count). The molecule has 2 aromatic carbocycles. The van der Waals surface area contributed by atoms with Crippen molar-refractivity contribution in [3.8, 4) is 11.1 Å². The third-order valence-electron chi connectivity index (χ3n) is 3.95. The van der Waals surface area contributed by atoms with E-state index in [1.54, 1.807) is 18.5 Å². The summed E-state index contributed by atoms with van der Waals surface area (Å²) in [7, 11) is 0. The van der Waals surface area contributed by atoms with Gasteiger partial charge in [0.25, 0.3) is 0 Å². The van der Waals surface area contributed by atoms with Crippen LogP contribution in [0.3, 0.4) is 0 Å². The highest BCUT2D eigenvalue weighted by molar-refractivity contribution is 6.01. The Kier molecular flexibility index (Phi) is 4.04. The van der Waals surface area contributed by atoms with Crippen molar-refractivity contribution in [2.75, 3.05) is 5.32 Å². The van der Waals surface area contributed by atoms with Crippen LogP contribution in [-0.2, 0) is 6.54 Å². The predicted molar refractivity (Wildman–Crippen MR) is 99.1 cm³/mol. The van der Waals surface area contributed by atoms with Crippen LogP contribution in [0.4, 0.5) is 5.82 Å². The lowest BCUT2D eigenvalue weighted by molar-refractivity contribution is 0.937. The molecule has 2 aromatic heterocycles. The number of hydrogen-bond donors (Lipinski definition) is 1. The van der Waals surface area contributed by atoms with Gasteiger partial charge in [-0.15, -0.1) is 0 Å². The van der Waals surface area contributed by atoms with Gasteiger partial charge in [0.15, 0.2) is 0 Å². The number of aromatic nitrogens is 4. The van der Waals surface area contributed by atoms with Crippen molar-refractivity contribution in [1.29, 1.82) is 0 Å². The zero-order chi connectivity index (χ0) is 17.1. The molecule has 0 saturated carbocycles. The zero-order valence-electron chi connectivity index (χ0n) is 13.8. The third kappa shape index (κ3) is 3.17. The highest BCUT2D eigenvalue weighted by Crippen LogP contribution is 2.32. The molecule has 5 nitrogen and oxygen atoms in total. The molecule has 0 amide bonds. The number of rotatable bonds is 4. The molecular weight excluding hydrogens is 310 g/mol. The molecule has 0 fully saturated rings. The maximum absolute atomic E-state index is 4.62. The molecule has 0 radical (unpaired) electrons. The van der Waals surface area contributed by atoms with Gasteiger partial charge >= 0.3 is 0 Å². The van der Waals surface area contributed by atoms with E-state index >= 15 is 0 Å². The largest absolute Gasteiger partial charge is 0.362 e. The average molecular weight is 327 g/mol. The topological polar surface area (TPSA) is 63.6 Å². The van der Waals surface area contributed by atoms with Crippen LogP contribution in [0.2, 0.25) is 0 Å². The molecule has 0 bridgehead atoms. The molecule has 0 saturated heterocycles. The first-order valence-corrected chi connectivity index (χ1v) is 8.14. The van der Waals surface area contributed by atoms with Crippen molar-refractivity contribution in [1.82, 2.24) is 19.9 Å². The van der Waals surface area contributed by atoms with Crippen LogP contribution >= 0.6 is 0 Å². The van der Waals surface area contributed by atoms with Crippen LogP contribution in [0.5, 0.6) is 0 Å². The molecule has 25 heavy (non-hydrogen) atoms. The van der Waals surface area contributed by atoms with E-state index in [4.69, 9.17) is 0 Å². The highest BCUT2D eigenvalue weighted by atomic mass is 15.1. The normalized spacial score (nSPS) is 10.8.